The van der Waals surface area contributed by atoms with Crippen LogP contribution in [-0.2, 0) is 0 Å². The lowest BCUT2D eigenvalue weighted by atomic mass is 9.75. The molecule has 0 bridgehead atoms. The molecule has 0 unspecified atom stereocenters. The molecule has 0 atom stereocenters. The fourth-order valence-corrected chi connectivity index (χ4v) is 2.62. The minimum Gasteiger partial charge on any atom is -0.311 e. The first-order valence-electron chi connectivity index (χ1n) is 5.54. The third-order valence-electron chi connectivity index (χ3n) is 3.96. The second kappa shape index (κ2) is 3.76. The molecule has 0 aliphatic heterocycles. The van der Waals surface area contributed by atoms with Gasteiger partial charge in [0.1, 0.15) is 0 Å². The molecule has 102 valence electrons. The minimum absolute atomic E-state index is 0.0288. The zero-order valence-electron chi connectivity index (χ0n) is 9.91. The molecule has 1 nitrogen and oxygen atoms in total. The van der Waals surface area contributed by atoms with Crippen molar-refractivity contribution in [3.63, 3.8) is 0 Å². The second-order valence-corrected chi connectivity index (χ2v) is 4.39. The highest BCUT2D eigenvalue weighted by Crippen LogP contribution is 2.64. The number of hydrogen-bond donors (Lipinski definition) is 0. The van der Waals surface area contributed by atoms with Gasteiger partial charge in [-0.1, -0.05) is 0 Å². The molecule has 0 aromatic carbocycles. The van der Waals surface area contributed by atoms with Gasteiger partial charge >= 0.3 is 17.8 Å². The molecule has 0 N–H and O–H groups in total. The van der Waals surface area contributed by atoms with Crippen molar-refractivity contribution in [2.24, 2.45) is 0 Å². The van der Waals surface area contributed by atoms with Gasteiger partial charge in [0, 0.05) is 0 Å². The van der Waals surface area contributed by atoms with E-state index in [4.69, 9.17) is 0 Å². The van der Waals surface area contributed by atoms with Crippen LogP contribution < -0.4 is 0 Å². The topological polar surface area (TPSA) is 0 Å². The molecule has 0 aromatic rings. The van der Waals surface area contributed by atoms with Gasteiger partial charge in [-0.05, 0) is 20.8 Å². The molecule has 1 rings (SSSR count). The summed E-state index contributed by atoms with van der Waals surface area (Å²) in [5, 5.41) is 0. The Labute approximate surface area is 96.0 Å². The summed E-state index contributed by atoms with van der Waals surface area (Å²) >= 11 is 0. The zero-order valence-corrected chi connectivity index (χ0v) is 9.91. The molecule has 0 aromatic heterocycles. The molecule has 0 spiro atoms. The second-order valence-electron chi connectivity index (χ2n) is 4.39. The number of quaternary nitrogens is 1. The van der Waals surface area contributed by atoms with E-state index in [1.165, 1.54) is 20.8 Å². The molecule has 1 aliphatic rings. The fraction of sp³-hybridized carbons (Fsp3) is 1.00. The predicted octanol–water partition coefficient (Wildman–Crippen LogP) is 3.15. The van der Waals surface area contributed by atoms with Gasteiger partial charge in [-0.2, -0.15) is 26.3 Å². The van der Waals surface area contributed by atoms with E-state index in [2.05, 4.69) is 0 Å². The SMILES string of the molecule is CC[N+](CC)(CC)C1C(F)(F)C(F)(F)C1(F)F. The number of hydrogen-bond acceptors (Lipinski definition) is 0. The maximum atomic E-state index is 13.3. The molecular weight excluding hydrogens is 248 g/mol. The monoisotopic (exact) mass is 264 g/mol. The Hall–Kier alpha value is -0.460. The molecule has 0 radical (unpaired) electrons. The Bertz CT molecular complexity index is 271. The Morgan fingerprint density at radius 3 is 1.29 bits per heavy atom. The van der Waals surface area contributed by atoms with Gasteiger partial charge in [0.05, 0.1) is 19.6 Å². The van der Waals surface area contributed by atoms with E-state index in [1.54, 1.807) is 0 Å². The Morgan fingerprint density at radius 1 is 0.765 bits per heavy atom. The van der Waals surface area contributed by atoms with Gasteiger partial charge in [0.25, 0.3) is 0 Å². The third-order valence-corrected chi connectivity index (χ3v) is 3.96. The van der Waals surface area contributed by atoms with Crippen LogP contribution in [0, 0.1) is 0 Å². The van der Waals surface area contributed by atoms with Gasteiger partial charge in [0.15, 0.2) is 0 Å². The molecule has 0 saturated heterocycles. The number of halogens is 6. The van der Waals surface area contributed by atoms with E-state index < -0.39 is 28.3 Å². The van der Waals surface area contributed by atoms with Crippen molar-refractivity contribution in [3.05, 3.63) is 0 Å². The highest BCUT2D eigenvalue weighted by molar-refractivity contribution is 5.18. The summed E-state index contributed by atoms with van der Waals surface area (Å²) in [4.78, 5) is 0. The molecular formula is C10H16F6N+. The summed E-state index contributed by atoms with van der Waals surface area (Å²) in [7, 11) is 0. The standard InChI is InChI=1S/C10H16F6N/c1-4-17(5-2,6-3)7-8(11,12)10(15,16)9(7,13)14/h7H,4-6H2,1-3H3/q+1. The normalized spacial score (nSPS) is 26.6. The first-order chi connectivity index (χ1) is 7.55. The van der Waals surface area contributed by atoms with Crippen LogP contribution >= 0.6 is 0 Å². The lowest BCUT2D eigenvalue weighted by Crippen LogP contribution is -2.86. The van der Waals surface area contributed by atoms with E-state index >= 15 is 0 Å². The van der Waals surface area contributed by atoms with Crippen LogP contribution in [0.2, 0.25) is 0 Å². The number of rotatable bonds is 4. The van der Waals surface area contributed by atoms with Crippen molar-refractivity contribution in [2.45, 2.75) is 44.6 Å². The van der Waals surface area contributed by atoms with Crippen LogP contribution in [-0.4, -0.2) is 47.9 Å². The van der Waals surface area contributed by atoms with Crippen LogP contribution in [0.15, 0.2) is 0 Å². The van der Waals surface area contributed by atoms with Crippen molar-refractivity contribution >= 4 is 0 Å². The van der Waals surface area contributed by atoms with Crippen molar-refractivity contribution in [1.29, 1.82) is 0 Å². The van der Waals surface area contributed by atoms with Crippen molar-refractivity contribution in [1.82, 2.24) is 0 Å². The molecule has 7 heteroatoms. The largest absolute Gasteiger partial charge is 0.384 e. The van der Waals surface area contributed by atoms with Gasteiger partial charge in [-0.15, -0.1) is 0 Å². The van der Waals surface area contributed by atoms with Crippen LogP contribution in [0.1, 0.15) is 20.8 Å². The minimum atomic E-state index is -5.24. The fourth-order valence-electron chi connectivity index (χ4n) is 2.62. The maximum Gasteiger partial charge on any atom is 0.384 e. The summed E-state index contributed by atoms with van der Waals surface area (Å²) < 4.78 is 78.0. The first kappa shape index (κ1) is 14.6. The van der Waals surface area contributed by atoms with Gasteiger partial charge in [-0.3, -0.25) is 0 Å². The van der Waals surface area contributed by atoms with Crippen LogP contribution in [0.25, 0.3) is 0 Å². The average molecular weight is 264 g/mol. The van der Waals surface area contributed by atoms with E-state index in [1.807, 2.05) is 0 Å². The van der Waals surface area contributed by atoms with Crippen molar-refractivity contribution < 1.29 is 30.8 Å². The molecule has 1 saturated carbocycles. The van der Waals surface area contributed by atoms with E-state index in [9.17, 15) is 26.3 Å². The maximum absolute atomic E-state index is 13.3. The van der Waals surface area contributed by atoms with E-state index in [-0.39, 0.29) is 19.6 Å². The zero-order chi connectivity index (χ0) is 13.7. The Kier molecular flexibility index (Phi) is 3.23. The molecule has 0 heterocycles. The predicted molar refractivity (Wildman–Crippen MR) is 50.5 cm³/mol. The Morgan fingerprint density at radius 2 is 1.06 bits per heavy atom. The smallest absolute Gasteiger partial charge is 0.311 e. The first-order valence-corrected chi connectivity index (χ1v) is 5.54. The van der Waals surface area contributed by atoms with Gasteiger partial charge in [0.2, 0.25) is 6.04 Å². The van der Waals surface area contributed by atoms with Crippen molar-refractivity contribution in [2.75, 3.05) is 19.6 Å². The lowest BCUT2D eigenvalue weighted by molar-refractivity contribution is -0.977. The molecule has 1 fully saturated rings. The molecule has 17 heavy (non-hydrogen) atoms. The van der Waals surface area contributed by atoms with Crippen LogP contribution in [0.3, 0.4) is 0 Å². The highest BCUT2D eigenvalue weighted by atomic mass is 19.4. The Balaban J connectivity index is 3.23. The quantitative estimate of drug-likeness (QED) is 0.540. The van der Waals surface area contributed by atoms with Crippen LogP contribution in [0.4, 0.5) is 26.3 Å². The molecule has 1 aliphatic carbocycles. The van der Waals surface area contributed by atoms with E-state index in [0.717, 1.165) is 0 Å². The molecule has 0 amide bonds. The summed E-state index contributed by atoms with van der Waals surface area (Å²) in [6.45, 7) is 4.28. The number of alkyl halides is 6. The highest BCUT2D eigenvalue weighted by Gasteiger charge is 2.95. The summed E-state index contributed by atoms with van der Waals surface area (Å²) in [5.74, 6) is -14.6. The number of nitrogens with zero attached hydrogens (tertiary/aromatic N) is 1. The average Bonchev–Trinajstić information content (AvgIpc) is 2.24. The van der Waals surface area contributed by atoms with E-state index in [0.29, 0.717) is 0 Å². The van der Waals surface area contributed by atoms with Gasteiger partial charge < -0.3 is 4.48 Å². The van der Waals surface area contributed by atoms with Gasteiger partial charge in [-0.25, -0.2) is 0 Å². The summed E-state index contributed by atoms with van der Waals surface area (Å²) in [6.07, 6.45) is 0. The van der Waals surface area contributed by atoms with Crippen molar-refractivity contribution in [3.8, 4) is 0 Å². The third kappa shape index (κ3) is 1.44. The lowest BCUT2D eigenvalue weighted by Gasteiger charge is -2.57. The summed E-state index contributed by atoms with van der Waals surface area (Å²) in [6, 6.07) is -2.63. The van der Waals surface area contributed by atoms with Crippen LogP contribution in [0.5, 0.6) is 0 Å². The summed E-state index contributed by atoms with van der Waals surface area (Å²) in [5.41, 5.74) is 0.